The zero-order chi connectivity index (χ0) is 16.8. The first-order valence-corrected chi connectivity index (χ1v) is 7.31. The van der Waals surface area contributed by atoms with Crippen LogP contribution in [0.15, 0.2) is 47.6 Å². The minimum absolute atomic E-state index is 0.563. The molecule has 0 aliphatic rings. The topological polar surface area (TPSA) is 70.6 Å². The molecule has 2 aromatic carbocycles. The van der Waals surface area contributed by atoms with Gasteiger partial charge < -0.3 is 5.32 Å². The van der Waals surface area contributed by atoms with Crippen molar-refractivity contribution in [3.8, 4) is 0 Å². The van der Waals surface area contributed by atoms with Crippen molar-refractivity contribution in [3.63, 3.8) is 0 Å². The third-order valence-electron chi connectivity index (χ3n) is 3.29. The van der Waals surface area contributed by atoms with Crippen molar-refractivity contribution in [1.29, 1.82) is 0 Å². The molecule has 0 heterocycles. The maximum atomic E-state index is 11.9. The van der Waals surface area contributed by atoms with Gasteiger partial charge in [-0.3, -0.25) is 9.59 Å². The Kier molecular flexibility index (Phi) is 5.49. The van der Waals surface area contributed by atoms with Gasteiger partial charge in [0.15, 0.2) is 0 Å². The zero-order valence-electron chi connectivity index (χ0n) is 12.8. The summed E-state index contributed by atoms with van der Waals surface area (Å²) in [6, 6.07) is 12.4. The summed E-state index contributed by atoms with van der Waals surface area (Å²) in [6.07, 6.45) is 1.41. The molecule has 0 radical (unpaired) electrons. The monoisotopic (exact) mass is 329 g/mol. The first-order chi connectivity index (χ1) is 11.0. The molecule has 0 spiro atoms. The summed E-state index contributed by atoms with van der Waals surface area (Å²) in [7, 11) is 0. The average molecular weight is 330 g/mol. The first kappa shape index (κ1) is 16.7. The van der Waals surface area contributed by atoms with Crippen LogP contribution in [-0.4, -0.2) is 18.0 Å². The van der Waals surface area contributed by atoms with E-state index >= 15 is 0 Å². The number of hydrogen-bond donors (Lipinski definition) is 2. The average Bonchev–Trinajstić information content (AvgIpc) is 2.51. The summed E-state index contributed by atoms with van der Waals surface area (Å²) in [6.45, 7) is 3.81. The highest BCUT2D eigenvalue weighted by molar-refractivity contribution is 6.39. The Morgan fingerprint density at radius 2 is 1.83 bits per heavy atom. The summed E-state index contributed by atoms with van der Waals surface area (Å²) in [5.74, 6) is -1.62. The highest BCUT2D eigenvalue weighted by Crippen LogP contribution is 2.17. The summed E-state index contributed by atoms with van der Waals surface area (Å²) < 4.78 is 0. The number of halogens is 1. The van der Waals surface area contributed by atoms with Crippen LogP contribution in [0.2, 0.25) is 5.02 Å². The van der Waals surface area contributed by atoms with Gasteiger partial charge in [-0.2, -0.15) is 5.10 Å². The number of hydrazone groups is 1. The zero-order valence-corrected chi connectivity index (χ0v) is 13.5. The summed E-state index contributed by atoms with van der Waals surface area (Å²) >= 11 is 5.84. The summed E-state index contributed by atoms with van der Waals surface area (Å²) in [5, 5.41) is 6.87. The minimum Gasteiger partial charge on any atom is -0.317 e. The second kappa shape index (κ2) is 7.56. The van der Waals surface area contributed by atoms with E-state index in [0.29, 0.717) is 16.3 Å². The lowest BCUT2D eigenvalue weighted by Crippen LogP contribution is -2.32. The minimum atomic E-state index is -0.843. The number of rotatable bonds is 3. The van der Waals surface area contributed by atoms with Crippen molar-refractivity contribution < 1.29 is 9.59 Å². The molecule has 2 amide bonds. The molecule has 0 atom stereocenters. The van der Waals surface area contributed by atoms with E-state index in [-0.39, 0.29) is 0 Å². The van der Waals surface area contributed by atoms with Gasteiger partial charge in [0.2, 0.25) is 0 Å². The van der Waals surface area contributed by atoms with Gasteiger partial charge in [0.05, 0.1) is 6.21 Å². The van der Waals surface area contributed by atoms with Crippen LogP contribution in [-0.2, 0) is 9.59 Å². The predicted octanol–water partition coefficient (Wildman–Crippen LogP) is 3.05. The van der Waals surface area contributed by atoms with E-state index in [1.165, 1.54) is 6.21 Å². The van der Waals surface area contributed by atoms with Crippen LogP contribution in [0, 0.1) is 13.8 Å². The van der Waals surface area contributed by atoms with Crippen molar-refractivity contribution in [2.75, 3.05) is 5.32 Å². The number of carbonyl (C=O) groups excluding carboxylic acids is 2. The molecule has 0 bridgehead atoms. The van der Waals surface area contributed by atoms with Gasteiger partial charge in [0, 0.05) is 10.7 Å². The Bertz CT molecular complexity index is 772. The Labute approximate surface area is 139 Å². The van der Waals surface area contributed by atoms with Gasteiger partial charge >= 0.3 is 11.8 Å². The van der Waals surface area contributed by atoms with Crippen molar-refractivity contribution >= 4 is 35.3 Å². The second-order valence-corrected chi connectivity index (χ2v) is 5.39. The Morgan fingerprint density at radius 1 is 1.09 bits per heavy atom. The molecule has 5 nitrogen and oxygen atoms in total. The van der Waals surface area contributed by atoms with Crippen LogP contribution in [0.3, 0.4) is 0 Å². The Balaban J connectivity index is 1.95. The fraction of sp³-hybridized carbons (Fsp3) is 0.118. The van der Waals surface area contributed by atoms with Crippen LogP contribution in [0.25, 0.3) is 0 Å². The molecule has 6 heteroatoms. The lowest BCUT2D eigenvalue weighted by molar-refractivity contribution is -0.136. The number of anilines is 1. The Morgan fingerprint density at radius 3 is 2.57 bits per heavy atom. The predicted molar refractivity (Wildman–Crippen MR) is 91.7 cm³/mol. The van der Waals surface area contributed by atoms with E-state index in [1.54, 1.807) is 30.3 Å². The maximum absolute atomic E-state index is 11.9. The fourth-order valence-electron chi connectivity index (χ4n) is 1.87. The lowest BCUT2D eigenvalue weighted by Gasteiger charge is -2.09. The third kappa shape index (κ3) is 4.66. The molecule has 118 valence electrons. The van der Waals surface area contributed by atoms with Crippen LogP contribution in [0.5, 0.6) is 0 Å². The standard InChI is InChI=1S/C17H16ClN3O2/c1-11-5-3-8-15(12(11)2)20-16(22)17(23)21-19-10-13-6-4-7-14(18)9-13/h3-10H,1-2H3,(H,20,22)(H,21,23)/b19-10+. The molecule has 0 unspecified atom stereocenters. The number of hydrogen-bond acceptors (Lipinski definition) is 3. The van der Waals surface area contributed by atoms with Crippen molar-refractivity contribution in [2.24, 2.45) is 5.10 Å². The van der Waals surface area contributed by atoms with E-state index in [4.69, 9.17) is 11.6 Å². The molecular weight excluding hydrogens is 314 g/mol. The van der Waals surface area contributed by atoms with Crippen LogP contribution >= 0.6 is 11.6 Å². The molecule has 0 aliphatic heterocycles. The Hall–Kier alpha value is -2.66. The fourth-order valence-corrected chi connectivity index (χ4v) is 2.07. The van der Waals surface area contributed by atoms with E-state index < -0.39 is 11.8 Å². The molecule has 0 saturated heterocycles. The SMILES string of the molecule is Cc1cccc(NC(=O)C(=O)N/N=C/c2cccc(Cl)c2)c1C. The number of carbonyl (C=O) groups is 2. The number of nitrogens with one attached hydrogen (secondary N) is 2. The third-order valence-corrected chi connectivity index (χ3v) is 3.52. The molecular formula is C17H16ClN3O2. The highest BCUT2D eigenvalue weighted by Gasteiger charge is 2.14. The van der Waals surface area contributed by atoms with Crippen LogP contribution < -0.4 is 10.7 Å². The smallest absolute Gasteiger partial charge is 0.317 e. The molecule has 2 aromatic rings. The first-order valence-electron chi connectivity index (χ1n) is 6.93. The van der Waals surface area contributed by atoms with Crippen molar-refractivity contribution in [2.45, 2.75) is 13.8 Å². The molecule has 0 aliphatic carbocycles. The number of benzene rings is 2. The molecule has 0 fully saturated rings. The van der Waals surface area contributed by atoms with Crippen LogP contribution in [0.1, 0.15) is 16.7 Å². The molecule has 0 saturated carbocycles. The van der Waals surface area contributed by atoms with Crippen molar-refractivity contribution in [3.05, 3.63) is 64.2 Å². The van der Waals surface area contributed by atoms with Gasteiger partial charge in [-0.25, -0.2) is 5.43 Å². The number of nitrogens with zero attached hydrogens (tertiary/aromatic N) is 1. The molecule has 23 heavy (non-hydrogen) atoms. The van der Waals surface area contributed by atoms with Gasteiger partial charge in [0.1, 0.15) is 0 Å². The molecule has 0 aromatic heterocycles. The van der Waals surface area contributed by atoms with Gasteiger partial charge in [-0.05, 0) is 48.7 Å². The van der Waals surface area contributed by atoms with Gasteiger partial charge in [-0.15, -0.1) is 0 Å². The highest BCUT2D eigenvalue weighted by atomic mass is 35.5. The van der Waals surface area contributed by atoms with E-state index in [1.807, 2.05) is 26.0 Å². The molecule has 2 N–H and O–H groups in total. The van der Waals surface area contributed by atoms with E-state index in [2.05, 4.69) is 15.8 Å². The number of amides is 2. The lowest BCUT2D eigenvalue weighted by atomic mass is 10.1. The largest absolute Gasteiger partial charge is 0.329 e. The van der Waals surface area contributed by atoms with Gasteiger partial charge in [-0.1, -0.05) is 35.9 Å². The molecule has 2 rings (SSSR count). The quantitative estimate of drug-likeness (QED) is 0.516. The van der Waals surface area contributed by atoms with E-state index in [9.17, 15) is 9.59 Å². The number of aryl methyl sites for hydroxylation is 1. The normalized spacial score (nSPS) is 10.6. The van der Waals surface area contributed by atoms with Crippen molar-refractivity contribution in [1.82, 2.24) is 5.43 Å². The van der Waals surface area contributed by atoms with E-state index in [0.717, 1.165) is 11.1 Å². The van der Waals surface area contributed by atoms with Crippen LogP contribution in [0.4, 0.5) is 5.69 Å². The maximum Gasteiger partial charge on any atom is 0.329 e. The summed E-state index contributed by atoms with van der Waals surface area (Å²) in [4.78, 5) is 23.6. The second-order valence-electron chi connectivity index (χ2n) is 4.96. The van der Waals surface area contributed by atoms with Gasteiger partial charge in [0.25, 0.3) is 0 Å². The summed E-state index contributed by atoms with van der Waals surface area (Å²) in [5.41, 5.74) is 5.44.